The largest absolute Gasteiger partial charge is 0.354 e. The summed E-state index contributed by atoms with van der Waals surface area (Å²) in [4.78, 5) is 12.4. The molecule has 2 aromatic heterocycles. The van der Waals surface area contributed by atoms with Crippen molar-refractivity contribution in [3.05, 3.63) is 33.8 Å². The summed E-state index contributed by atoms with van der Waals surface area (Å²) in [6.07, 6.45) is 4.78. The minimum Gasteiger partial charge on any atom is -0.354 e. The fraction of sp³-hybridized carbons (Fsp3) is 0.533. The lowest BCUT2D eigenvalue weighted by atomic mass is 10.2. The number of aromatic nitrogens is 4. The number of carbonyl (C=O) groups excluding carboxylic acids is 1. The highest BCUT2D eigenvalue weighted by molar-refractivity contribution is 6.31. The lowest BCUT2D eigenvalue weighted by Crippen LogP contribution is -2.34. The molecule has 23 heavy (non-hydrogen) atoms. The van der Waals surface area contributed by atoms with Gasteiger partial charge in [0.1, 0.15) is 6.04 Å². The third kappa shape index (κ3) is 4.26. The molecular weight excluding hydrogens is 337 g/mol. The minimum atomic E-state index is -0.347. The number of hydrogen-bond acceptors (Lipinski definition) is 3. The van der Waals surface area contributed by atoms with Gasteiger partial charge in [-0.25, -0.2) is 0 Å². The van der Waals surface area contributed by atoms with Crippen LogP contribution in [-0.4, -0.2) is 32.0 Å². The van der Waals surface area contributed by atoms with E-state index in [1.807, 2.05) is 20.8 Å². The molecule has 1 N–H and O–H groups in total. The molecule has 2 heterocycles. The van der Waals surface area contributed by atoms with Crippen LogP contribution >= 0.6 is 23.2 Å². The van der Waals surface area contributed by atoms with Gasteiger partial charge in [0.25, 0.3) is 0 Å². The van der Waals surface area contributed by atoms with E-state index in [9.17, 15) is 4.79 Å². The van der Waals surface area contributed by atoms with Gasteiger partial charge in [-0.2, -0.15) is 10.2 Å². The molecule has 6 nitrogen and oxygen atoms in total. The van der Waals surface area contributed by atoms with E-state index in [4.69, 9.17) is 23.2 Å². The maximum absolute atomic E-state index is 12.4. The Labute approximate surface area is 145 Å². The topological polar surface area (TPSA) is 64.7 Å². The molecule has 0 bridgehead atoms. The first kappa shape index (κ1) is 17.8. The van der Waals surface area contributed by atoms with E-state index in [2.05, 4.69) is 15.5 Å². The molecule has 0 aliphatic rings. The molecule has 0 saturated heterocycles. The van der Waals surface area contributed by atoms with Crippen LogP contribution in [0.5, 0.6) is 0 Å². The normalized spacial score (nSPS) is 12.4. The summed E-state index contributed by atoms with van der Waals surface area (Å²) in [5.41, 5.74) is 1.56. The zero-order chi connectivity index (χ0) is 17.0. The summed E-state index contributed by atoms with van der Waals surface area (Å²) in [5.74, 6) is -0.0479. The fourth-order valence-corrected chi connectivity index (χ4v) is 2.73. The van der Waals surface area contributed by atoms with E-state index in [1.165, 1.54) is 0 Å². The second-order valence-corrected chi connectivity index (χ2v) is 6.23. The summed E-state index contributed by atoms with van der Waals surface area (Å²) in [7, 11) is 0. The van der Waals surface area contributed by atoms with Gasteiger partial charge in [0.05, 0.1) is 27.6 Å². The van der Waals surface area contributed by atoms with E-state index in [0.29, 0.717) is 29.6 Å². The van der Waals surface area contributed by atoms with Gasteiger partial charge < -0.3 is 5.32 Å². The van der Waals surface area contributed by atoms with Gasteiger partial charge in [-0.05, 0) is 26.7 Å². The molecule has 0 aliphatic carbocycles. The van der Waals surface area contributed by atoms with Crippen molar-refractivity contribution in [2.24, 2.45) is 0 Å². The summed E-state index contributed by atoms with van der Waals surface area (Å²) in [6, 6.07) is -0.347. The molecule has 0 aromatic carbocycles. The minimum absolute atomic E-state index is 0.0479. The monoisotopic (exact) mass is 357 g/mol. The number of rotatable bonds is 7. The Bertz CT molecular complexity index is 679. The summed E-state index contributed by atoms with van der Waals surface area (Å²) in [6.45, 7) is 6.95. The zero-order valence-corrected chi connectivity index (χ0v) is 15.0. The Balaban J connectivity index is 1.88. The lowest BCUT2D eigenvalue weighted by Gasteiger charge is -2.17. The molecule has 8 heteroatoms. The van der Waals surface area contributed by atoms with Gasteiger partial charge in [0.15, 0.2) is 0 Å². The third-order valence-electron chi connectivity index (χ3n) is 3.69. The quantitative estimate of drug-likeness (QED) is 0.774. The average molecular weight is 358 g/mol. The molecule has 1 unspecified atom stereocenters. The number of carbonyl (C=O) groups is 1. The number of halogens is 2. The molecule has 1 atom stereocenters. The molecule has 0 fully saturated rings. The van der Waals surface area contributed by atoms with Crippen LogP contribution in [0.15, 0.2) is 12.4 Å². The number of amides is 1. The smallest absolute Gasteiger partial charge is 0.244 e. The highest BCUT2D eigenvalue weighted by Gasteiger charge is 2.22. The first-order valence-electron chi connectivity index (χ1n) is 7.61. The van der Waals surface area contributed by atoms with Crippen LogP contribution < -0.4 is 5.32 Å². The van der Waals surface area contributed by atoms with Gasteiger partial charge in [0.2, 0.25) is 5.91 Å². The van der Waals surface area contributed by atoms with E-state index in [1.54, 1.807) is 21.8 Å². The van der Waals surface area contributed by atoms with Crippen molar-refractivity contribution in [2.75, 3.05) is 6.54 Å². The maximum Gasteiger partial charge on any atom is 0.244 e. The van der Waals surface area contributed by atoms with Crippen molar-refractivity contribution in [2.45, 2.75) is 46.2 Å². The molecule has 0 aliphatic heterocycles. The van der Waals surface area contributed by atoms with Gasteiger partial charge in [-0.15, -0.1) is 0 Å². The SMILES string of the molecule is CCC(C(=O)NCCCn1cc(Cl)cn1)n1nc(C)c(Cl)c1C. The fourth-order valence-electron chi connectivity index (χ4n) is 2.45. The maximum atomic E-state index is 12.4. The summed E-state index contributed by atoms with van der Waals surface area (Å²) >= 11 is 12.0. The van der Waals surface area contributed by atoms with Crippen LogP contribution in [-0.2, 0) is 11.3 Å². The first-order chi connectivity index (χ1) is 10.9. The average Bonchev–Trinajstić information content (AvgIpc) is 3.04. The van der Waals surface area contributed by atoms with E-state index in [0.717, 1.165) is 17.8 Å². The standard InChI is InChI=1S/C15H21Cl2N5O/c1-4-13(22-11(3)14(17)10(2)20-22)15(23)18-6-5-7-21-9-12(16)8-19-21/h8-9,13H,4-7H2,1-3H3,(H,18,23). The van der Waals surface area contributed by atoms with Gasteiger partial charge in [-0.1, -0.05) is 30.1 Å². The van der Waals surface area contributed by atoms with Crippen LogP contribution in [0.25, 0.3) is 0 Å². The van der Waals surface area contributed by atoms with Gasteiger partial charge in [-0.3, -0.25) is 14.2 Å². The third-order valence-corrected chi connectivity index (χ3v) is 4.43. The van der Waals surface area contributed by atoms with Crippen molar-refractivity contribution in [3.8, 4) is 0 Å². The van der Waals surface area contributed by atoms with Crippen LogP contribution in [0.2, 0.25) is 10.0 Å². The predicted molar refractivity (Wildman–Crippen MR) is 90.9 cm³/mol. The van der Waals surface area contributed by atoms with Crippen LogP contribution in [0, 0.1) is 13.8 Å². The molecule has 0 saturated carbocycles. The predicted octanol–water partition coefficient (Wildman–Crippen LogP) is 3.16. The van der Waals surface area contributed by atoms with Crippen molar-refractivity contribution < 1.29 is 4.79 Å². The Kier molecular flexibility index (Phi) is 6.07. The second kappa shape index (κ2) is 7.84. The Hall–Kier alpha value is -1.53. The first-order valence-corrected chi connectivity index (χ1v) is 8.36. The summed E-state index contributed by atoms with van der Waals surface area (Å²) in [5, 5.41) is 12.7. The number of nitrogens with one attached hydrogen (secondary N) is 1. The van der Waals surface area contributed by atoms with Gasteiger partial charge >= 0.3 is 0 Å². The molecule has 2 rings (SSSR count). The Morgan fingerprint density at radius 2 is 2.13 bits per heavy atom. The Morgan fingerprint density at radius 1 is 1.39 bits per heavy atom. The van der Waals surface area contributed by atoms with Crippen LogP contribution in [0.1, 0.15) is 37.2 Å². The van der Waals surface area contributed by atoms with Crippen LogP contribution in [0.4, 0.5) is 0 Å². The van der Waals surface area contributed by atoms with E-state index < -0.39 is 0 Å². The number of aryl methyl sites for hydroxylation is 2. The molecule has 0 radical (unpaired) electrons. The van der Waals surface area contributed by atoms with Gasteiger partial charge in [0, 0.05) is 19.3 Å². The molecule has 126 valence electrons. The van der Waals surface area contributed by atoms with Crippen LogP contribution in [0.3, 0.4) is 0 Å². The summed E-state index contributed by atoms with van der Waals surface area (Å²) < 4.78 is 3.47. The molecular formula is C15H21Cl2N5O. The number of nitrogens with zero attached hydrogens (tertiary/aromatic N) is 4. The molecule has 1 amide bonds. The van der Waals surface area contributed by atoms with Crippen molar-refractivity contribution in [1.82, 2.24) is 24.9 Å². The molecule has 0 spiro atoms. The Morgan fingerprint density at radius 3 is 2.65 bits per heavy atom. The van der Waals surface area contributed by atoms with E-state index in [-0.39, 0.29) is 11.9 Å². The lowest BCUT2D eigenvalue weighted by molar-refractivity contribution is -0.124. The highest BCUT2D eigenvalue weighted by Crippen LogP contribution is 2.23. The second-order valence-electron chi connectivity index (χ2n) is 5.42. The van der Waals surface area contributed by atoms with Crippen molar-refractivity contribution in [1.29, 1.82) is 0 Å². The van der Waals surface area contributed by atoms with Crippen molar-refractivity contribution >= 4 is 29.1 Å². The highest BCUT2D eigenvalue weighted by atomic mass is 35.5. The zero-order valence-electron chi connectivity index (χ0n) is 13.5. The number of hydrogen-bond donors (Lipinski definition) is 1. The molecule has 2 aromatic rings. The van der Waals surface area contributed by atoms with Crippen molar-refractivity contribution in [3.63, 3.8) is 0 Å². The van der Waals surface area contributed by atoms with E-state index >= 15 is 0 Å².